The van der Waals surface area contributed by atoms with E-state index in [0.29, 0.717) is 57.8 Å². The Labute approximate surface area is 184 Å². The summed E-state index contributed by atoms with van der Waals surface area (Å²) in [5.74, 6) is -0.713. The lowest BCUT2D eigenvalue weighted by molar-refractivity contribution is -0.141. The van der Waals surface area contributed by atoms with Gasteiger partial charge in [-0.2, -0.15) is 13.2 Å². The van der Waals surface area contributed by atoms with E-state index in [9.17, 15) is 22.8 Å². The highest BCUT2D eigenvalue weighted by atomic mass is 19.4. The summed E-state index contributed by atoms with van der Waals surface area (Å²) in [7, 11) is 0. The van der Waals surface area contributed by atoms with Crippen molar-refractivity contribution in [1.82, 2.24) is 15.3 Å². The van der Waals surface area contributed by atoms with Crippen molar-refractivity contribution in [3.63, 3.8) is 0 Å². The van der Waals surface area contributed by atoms with Crippen LogP contribution in [-0.4, -0.2) is 47.7 Å². The summed E-state index contributed by atoms with van der Waals surface area (Å²) >= 11 is 0. The fourth-order valence-electron chi connectivity index (χ4n) is 5.04. The zero-order chi connectivity index (χ0) is 22.9. The van der Waals surface area contributed by atoms with E-state index in [1.807, 2.05) is 0 Å². The van der Waals surface area contributed by atoms with Gasteiger partial charge < -0.3 is 16.0 Å². The molecule has 7 nitrogen and oxygen atoms in total. The second kappa shape index (κ2) is 8.80. The van der Waals surface area contributed by atoms with Gasteiger partial charge in [0.2, 0.25) is 11.7 Å². The highest BCUT2D eigenvalue weighted by Crippen LogP contribution is 2.47. The number of rotatable bonds is 3. The van der Waals surface area contributed by atoms with Crippen molar-refractivity contribution < 1.29 is 22.8 Å². The van der Waals surface area contributed by atoms with Crippen molar-refractivity contribution in [1.29, 1.82) is 0 Å². The van der Waals surface area contributed by atoms with E-state index in [1.54, 1.807) is 4.90 Å². The van der Waals surface area contributed by atoms with E-state index in [-0.39, 0.29) is 28.7 Å². The summed E-state index contributed by atoms with van der Waals surface area (Å²) in [6.45, 7) is 2.27. The molecule has 1 saturated carbocycles. The van der Waals surface area contributed by atoms with E-state index in [2.05, 4.69) is 15.3 Å². The van der Waals surface area contributed by atoms with Crippen LogP contribution in [0.4, 0.5) is 19.1 Å². The van der Waals surface area contributed by atoms with Crippen LogP contribution in [0.15, 0.2) is 17.3 Å². The number of carbonyl (C=O) groups excluding carboxylic acids is 2. The van der Waals surface area contributed by atoms with Crippen LogP contribution in [-0.2, 0) is 11.0 Å². The number of carbonyl (C=O) groups is 2. The Hall–Kier alpha value is -2.49. The normalized spacial score (nSPS) is 25.2. The van der Waals surface area contributed by atoms with Crippen molar-refractivity contribution in [2.45, 2.75) is 57.5 Å². The Morgan fingerprint density at radius 3 is 2.59 bits per heavy atom. The van der Waals surface area contributed by atoms with Crippen LogP contribution in [0, 0.1) is 5.41 Å². The van der Waals surface area contributed by atoms with Crippen molar-refractivity contribution in [2.75, 3.05) is 31.1 Å². The molecule has 1 aliphatic heterocycles. The predicted molar refractivity (Wildman–Crippen MR) is 112 cm³/mol. The second-order valence-electron chi connectivity index (χ2n) is 8.81. The minimum absolute atomic E-state index is 0.0303. The maximum Gasteiger partial charge on any atom is 0.433 e. The lowest BCUT2D eigenvalue weighted by atomic mass is 9.64. The second-order valence-corrected chi connectivity index (χ2v) is 8.81. The molecule has 2 aliphatic carbocycles. The SMILES string of the molecule is NC1=C(C(=O)c2cc(C(F)(F)F)nc(N3CCCNCC3)n2)CCC[C@@]12CCCCC2=O. The van der Waals surface area contributed by atoms with Gasteiger partial charge in [0, 0.05) is 37.3 Å². The van der Waals surface area contributed by atoms with E-state index in [1.165, 1.54) is 0 Å². The molecule has 0 amide bonds. The number of Topliss-reactive ketones (excluding diaryl/α,β-unsaturated/α-hetero) is 2. The molecule has 4 rings (SSSR count). The highest BCUT2D eigenvalue weighted by Gasteiger charge is 2.46. The number of allylic oxidation sites excluding steroid dienone is 2. The molecule has 1 aromatic rings. The first-order valence-electron chi connectivity index (χ1n) is 11.2. The summed E-state index contributed by atoms with van der Waals surface area (Å²) in [6, 6.07) is 0.701. The highest BCUT2D eigenvalue weighted by molar-refractivity contribution is 6.09. The molecule has 10 heteroatoms. The van der Waals surface area contributed by atoms with Gasteiger partial charge >= 0.3 is 6.18 Å². The van der Waals surface area contributed by atoms with Crippen LogP contribution in [0.25, 0.3) is 0 Å². The van der Waals surface area contributed by atoms with Crippen molar-refractivity contribution >= 4 is 17.5 Å². The Kier molecular flexibility index (Phi) is 6.24. The smallest absolute Gasteiger partial charge is 0.401 e. The molecule has 0 radical (unpaired) electrons. The molecule has 0 aromatic carbocycles. The molecular formula is C22H28F3N5O2. The van der Waals surface area contributed by atoms with Crippen molar-refractivity contribution in [2.24, 2.45) is 11.1 Å². The molecule has 3 aliphatic rings. The van der Waals surface area contributed by atoms with Gasteiger partial charge in [0.25, 0.3) is 0 Å². The molecule has 2 heterocycles. The quantitative estimate of drug-likeness (QED) is 0.682. The summed E-state index contributed by atoms with van der Waals surface area (Å²) in [5, 5.41) is 3.18. The number of halogens is 3. The number of hydrogen-bond donors (Lipinski definition) is 2. The standard InChI is InChI=1S/C22H28F3N5O2/c23-22(24,25)16-13-15(28-20(29-16)30-11-4-9-27-10-12-30)18(32)14-5-3-8-21(19(14)26)7-2-1-6-17(21)31/h13,27H,1-12,26H2/t21-/m1/s1. The molecule has 0 unspecified atom stereocenters. The van der Waals surface area contributed by atoms with Gasteiger partial charge in [-0.15, -0.1) is 0 Å². The number of nitrogens with two attached hydrogens (primary N) is 1. The van der Waals surface area contributed by atoms with Crippen LogP contribution >= 0.6 is 0 Å². The third-order valence-electron chi connectivity index (χ3n) is 6.80. The lowest BCUT2D eigenvalue weighted by Gasteiger charge is -2.40. The largest absolute Gasteiger partial charge is 0.433 e. The van der Waals surface area contributed by atoms with Gasteiger partial charge in [0.1, 0.15) is 11.5 Å². The predicted octanol–water partition coefficient (Wildman–Crippen LogP) is 3.00. The number of hydrogen-bond acceptors (Lipinski definition) is 7. The molecular weight excluding hydrogens is 423 g/mol. The van der Waals surface area contributed by atoms with Gasteiger partial charge in [0.05, 0.1) is 5.41 Å². The van der Waals surface area contributed by atoms with Crippen LogP contribution in [0.3, 0.4) is 0 Å². The average Bonchev–Trinajstić information content (AvgIpc) is 3.06. The number of ketones is 2. The monoisotopic (exact) mass is 451 g/mol. The van der Waals surface area contributed by atoms with E-state index < -0.39 is 23.1 Å². The minimum atomic E-state index is -4.72. The molecule has 174 valence electrons. The van der Waals surface area contributed by atoms with Crippen LogP contribution < -0.4 is 16.0 Å². The third kappa shape index (κ3) is 4.24. The zero-order valence-electron chi connectivity index (χ0n) is 17.9. The van der Waals surface area contributed by atoms with Crippen molar-refractivity contribution in [3.8, 4) is 0 Å². The lowest BCUT2D eigenvalue weighted by Crippen LogP contribution is -2.42. The average molecular weight is 451 g/mol. The maximum absolute atomic E-state index is 13.6. The molecule has 1 aromatic heterocycles. The molecule has 0 bridgehead atoms. The molecule has 2 fully saturated rings. The Bertz CT molecular complexity index is 938. The number of aromatic nitrogens is 2. The molecule has 1 spiro atoms. The number of alkyl halides is 3. The fraction of sp³-hybridized carbons (Fsp3) is 0.636. The number of nitrogens with zero attached hydrogens (tertiary/aromatic N) is 3. The van der Waals surface area contributed by atoms with E-state index in [0.717, 1.165) is 25.8 Å². The Morgan fingerprint density at radius 1 is 1.06 bits per heavy atom. The van der Waals surface area contributed by atoms with E-state index in [4.69, 9.17) is 5.73 Å². The maximum atomic E-state index is 13.6. The summed E-state index contributed by atoms with van der Waals surface area (Å²) < 4.78 is 40.8. The fourth-order valence-corrected chi connectivity index (χ4v) is 5.04. The Balaban J connectivity index is 1.75. The van der Waals surface area contributed by atoms with Crippen LogP contribution in [0.1, 0.15) is 67.5 Å². The topological polar surface area (TPSA) is 101 Å². The molecule has 1 saturated heterocycles. The van der Waals surface area contributed by atoms with Gasteiger partial charge in [-0.1, -0.05) is 6.42 Å². The van der Waals surface area contributed by atoms with Crippen LogP contribution in [0.2, 0.25) is 0 Å². The first-order chi connectivity index (χ1) is 15.2. The van der Waals surface area contributed by atoms with Crippen molar-refractivity contribution in [3.05, 3.63) is 28.7 Å². The zero-order valence-corrected chi connectivity index (χ0v) is 17.9. The van der Waals surface area contributed by atoms with Gasteiger partial charge in [-0.25, -0.2) is 9.97 Å². The molecule has 32 heavy (non-hydrogen) atoms. The van der Waals surface area contributed by atoms with Gasteiger partial charge in [-0.05, 0) is 51.1 Å². The first kappa shape index (κ1) is 22.7. The number of anilines is 1. The summed E-state index contributed by atoms with van der Waals surface area (Å²) in [4.78, 5) is 35.8. The third-order valence-corrected chi connectivity index (χ3v) is 6.80. The molecule has 1 atom stereocenters. The van der Waals surface area contributed by atoms with E-state index >= 15 is 0 Å². The summed E-state index contributed by atoms with van der Waals surface area (Å²) in [5.41, 5.74) is 4.51. The van der Waals surface area contributed by atoms with Gasteiger partial charge in [-0.3, -0.25) is 9.59 Å². The Morgan fingerprint density at radius 2 is 1.84 bits per heavy atom. The molecule has 3 N–H and O–H groups in total. The minimum Gasteiger partial charge on any atom is -0.401 e. The number of nitrogens with one attached hydrogen (secondary N) is 1. The first-order valence-corrected chi connectivity index (χ1v) is 11.2. The summed E-state index contributed by atoms with van der Waals surface area (Å²) in [6.07, 6.45) is 0.148. The van der Waals surface area contributed by atoms with Crippen LogP contribution in [0.5, 0.6) is 0 Å². The van der Waals surface area contributed by atoms with Gasteiger partial charge in [0.15, 0.2) is 5.69 Å².